The lowest BCUT2D eigenvalue weighted by molar-refractivity contribution is -0.130. The molecule has 1 aromatic rings. The number of rotatable bonds is 6. The van der Waals surface area contributed by atoms with Crippen LogP contribution in [0.5, 0.6) is 5.75 Å². The molecule has 0 radical (unpaired) electrons. The van der Waals surface area contributed by atoms with Gasteiger partial charge >= 0.3 is 0 Å². The van der Waals surface area contributed by atoms with Crippen LogP contribution in [0.25, 0.3) is 0 Å². The number of benzene rings is 1. The molecule has 3 atom stereocenters. The Hall–Kier alpha value is -1.59. The summed E-state index contributed by atoms with van der Waals surface area (Å²) in [6.45, 7) is 0.642. The highest BCUT2D eigenvalue weighted by atomic mass is 16.5. The predicted molar refractivity (Wildman–Crippen MR) is 79.1 cm³/mol. The van der Waals surface area contributed by atoms with Gasteiger partial charge in [0.15, 0.2) is 6.10 Å². The van der Waals surface area contributed by atoms with Gasteiger partial charge in [-0.2, -0.15) is 0 Å². The van der Waals surface area contributed by atoms with Gasteiger partial charge in [0, 0.05) is 19.1 Å². The zero-order valence-electron chi connectivity index (χ0n) is 12.5. The lowest BCUT2D eigenvalue weighted by Crippen LogP contribution is -2.41. The molecule has 0 saturated heterocycles. The van der Waals surface area contributed by atoms with Crippen LogP contribution in [-0.2, 0) is 9.53 Å². The third-order valence-corrected chi connectivity index (χ3v) is 4.05. The van der Waals surface area contributed by atoms with E-state index in [4.69, 9.17) is 9.47 Å². The molecule has 1 aliphatic rings. The Labute approximate surface area is 125 Å². The molecule has 21 heavy (non-hydrogen) atoms. The highest BCUT2D eigenvalue weighted by Crippen LogP contribution is 2.26. The zero-order valence-corrected chi connectivity index (χ0v) is 12.5. The minimum Gasteiger partial charge on any atom is -0.497 e. The van der Waals surface area contributed by atoms with Crippen LogP contribution < -0.4 is 10.1 Å². The first-order chi connectivity index (χ1) is 10.2. The topological polar surface area (TPSA) is 67.8 Å². The van der Waals surface area contributed by atoms with Gasteiger partial charge in [0.2, 0.25) is 0 Å². The molecule has 5 nitrogen and oxygen atoms in total. The van der Waals surface area contributed by atoms with E-state index in [0.29, 0.717) is 23.8 Å². The second-order valence-electron chi connectivity index (χ2n) is 5.44. The van der Waals surface area contributed by atoms with E-state index < -0.39 is 6.10 Å². The van der Waals surface area contributed by atoms with Gasteiger partial charge in [-0.3, -0.25) is 4.79 Å². The smallest absolute Gasteiger partial charge is 0.253 e. The molecule has 1 aromatic carbocycles. The van der Waals surface area contributed by atoms with Gasteiger partial charge in [0.25, 0.3) is 5.91 Å². The molecule has 5 heteroatoms. The van der Waals surface area contributed by atoms with Crippen LogP contribution in [0.1, 0.15) is 30.9 Å². The number of hydrogen-bond acceptors (Lipinski definition) is 4. The number of hydrogen-bond donors (Lipinski definition) is 2. The summed E-state index contributed by atoms with van der Waals surface area (Å²) in [6.07, 6.45) is 1.92. The molecule has 1 saturated carbocycles. The van der Waals surface area contributed by atoms with Crippen LogP contribution in [0.4, 0.5) is 0 Å². The molecular weight excluding hydrogens is 270 g/mol. The number of methoxy groups -OCH3 is 2. The molecule has 116 valence electrons. The van der Waals surface area contributed by atoms with E-state index in [1.165, 1.54) is 0 Å². The van der Waals surface area contributed by atoms with Gasteiger partial charge in [0.1, 0.15) is 5.75 Å². The van der Waals surface area contributed by atoms with Crippen molar-refractivity contribution in [3.63, 3.8) is 0 Å². The molecular formula is C16H23NO4. The van der Waals surface area contributed by atoms with Gasteiger partial charge in [0.05, 0.1) is 13.7 Å². The van der Waals surface area contributed by atoms with Crippen LogP contribution in [0.3, 0.4) is 0 Å². The zero-order chi connectivity index (χ0) is 15.2. The summed E-state index contributed by atoms with van der Waals surface area (Å²) >= 11 is 0. The minimum atomic E-state index is -1.15. The maximum atomic E-state index is 12.2. The Balaban J connectivity index is 1.95. The highest BCUT2D eigenvalue weighted by molar-refractivity contribution is 5.82. The summed E-state index contributed by atoms with van der Waals surface area (Å²) in [6, 6.07) is 6.95. The fraction of sp³-hybridized carbons (Fsp3) is 0.562. The fourth-order valence-electron chi connectivity index (χ4n) is 2.84. The molecule has 1 unspecified atom stereocenters. The van der Waals surface area contributed by atoms with Crippen molar-refractivity contribution in [3.05, 3.63) is 29.8 Å². The molecule has 0 spiro atoms. The van der Waals surface area contributed by atoms with Gasteiger partial charge < -0.3 is 19.9 Å². The Morgan fingerprint density at radius 3 is 2.67 bits per heavy atom. The van der Waals surface area contributed by atoms with E-state index >= 15 is 0 Å². The van der Waals surface area contributed by atoms with Crippen molar-refractivity contribution in [3.8, 4) is 5.75 Å². The number of carbonyl (C=O) groups is 1. The monoisotopic (exact) mass is 293 g/mol. The Morgan fingerprint density at radius 1 is 1.33 bits per heavy atom. The highest BCUT2D eigenvalue weighted by Gasteiger charge is 2.30. The third-order valence-electron chi connectivity index (χ3n) is 4.05. The van der Waals surface area contributed by atoms with Crippen LogP contribution in [0, 0.1) is 5.92 Å². The van der Waals surface area contributed by atoms with Crippen molar-refractivity contribution in [2.45, 2.75) is 31.4 Å². The minimum absolute atomic E-state index is 0.0883. The van der Waals surface area contributed by atoms with E-state index in [1.54, 1.807) is 38.5 Å². The molecule has 1 fully saturated rings. The van der Waals surface area contributed by atoms with E-state index in [9.17, 15) is 9.90 Å². The Bertz CT molecular complexity index is 460. The molecule has 0 aromatic heterocycles. The van der Waals surface area contributed by atoms with E-state index in [0.717, 1.165) is 19.3 Å². The first kappa shape index (κ1) is 15.8. The number of aliphatic hydroxyl groups excluding tert-OH is 1. The van der Waals surface area contributed by atoms with E-state index in [-0.39, 0.29) is 11.9 Å². The average molecular weight is 293 g/mol. The summed E-state index contributed by atoms with van der Waals surface area (Å²) in [5.41, 5.74) is 0.564. The fourth-order valence-corrected chi connectivity index (χ4v) is 2.84. The first-order valence-corrected chi connectivity index (χ1v) is 7.27. The summed E-state index contributed by atoms with van der Waals surface area (Å²) in [7, 11) is 3.25. The van der Waals surface area contributed by atoms with Crippen LogP contribution in [-0.4, -0.2) is 37.9 Å². The van der Waals surface area contributed by atoms with Crippen LogP contribution >= 0.6 is 0 Å². The molecule has 0 bridgehead atoms. The van der Waals surface area contributed by atoms with Gasteiger partial charge in [-0.1, -0.05) is 18.6 Å². The van der Waals surface area contributed by atoms with Crippen molar-refractivity contribution in [2.75, 3.05) is 20.8 Å². The Kier molecular flexibility index (Phi) is 5.59. The summed E-state index contributed by atoms with van der Waals surface area (Å²) < 4.78 is 10.2. The maximum Gasteiger partial charge on any atom is 0.253 e. The predicted octanol–water partition coefficient (Wildman–Crippen LogP) is 1.66. The third kappa shape index (κ3) is 3.95. The van der Waals surface area contributed by atoms with E-state index in [2.05, 4.69) is 5.32 Å². The van der Waals surface area contributed by atoms with E-state index in [1.807, 2.05) is 0 Å². The van der Waals surface area contributed by atoms with Gasteiger partial charge in [-0.15, -0.1) is 0 Å². The van der Waals surface area contributed by atoms with Crippen molar-refractivity contribution in [2.24, 2.45) is 5.92 Å². The van der Waals surface area contributed by atoms with Crippen molar-refractivity contribution in [1.29, 1.82) is 0 Å². The maximum absolute atomic E-state index is 12.2. The lowest BCUT2D eigenvalue weighted by Gasteiger charge is -2.22. The largest absolute Gasteiger partial charge is 0.497 e. The van der Waals surface area contributed by atoms with Gasteiger partial charge in [-0.25, -0.2) is 0 Å². The number of ether oxygens (including phenoxy) is 2. The van der Waals surface area contributed by atoms with Crippen LogP contribution in [0.2, 0.25) is 0 Å². The van der Waals surface area contributed by atoms with Gasteiger partial charge in [-0.05, 0) is 30.5 Å². The first-order valence-electron chi connectivity index (χ1n) is 7.27. The summed E-state index contributed by atoms with van der Waals surface area (Å²) in [5, 5.41) is 13.1. The average Bonchev–Trinajstić information content (AvgIpc) is 2.94. The Morgan fingerprint density at radius 2 is 2.05 bits per heavy atom. The number of aliphatic hydroxyl groups is 1. The molecule has 0 aliphatic heterocycles. The molecule has 2 N–H and O–H groups in total. The molecule has 1 amide bonds. The second-order valence-corrected chi connectivity index (χ2v) is 5.44. The second kappa shape index (κ2) is 7.43. The van der Waals surface area contributed by atoms with Crippen LogP contribution in [0.15, 0.2) is 24.3 Å². The number of nitrogens with one attached hydrogen (secondary N) is 1. The molecule has 0 heterocycles. The lowest BCUT2D eigenvalue weighted by atomic mass is 10.0. The number of carbonyl (C=O) groups excluding carboxylic acids is 1. The summed E-state index contributed by atoms with van der Waals surface area (Å²) in [4.78, 5) is 12.2. The van der Waals surface area contributed by atoms with Crippen molar-refractivity contribution >= 4 is 5.91 Å². The molecule has 1 aliphatic carbocycles. The molecule has 2 rings (SSSR count). The quantitative estimate of drug-likeness (QED) is 0.837. The normalized spacial score (nSPS) is 22.8. The van der Waals surface area contributed by atoms with Crippen molar-refractivity contribution in [1.82, 2.24) is 5.32 Å². The summed E-state index contributed by atoms with van der Waals surface area (Å²) in [5.74, 6) is 0.678. The SMILES string of the molecule is COC[C@H]1CCC[C@H]1NC(=O)C(O)c1ccc(OC)cc1. The number of amides is 1. The standard InChI is InChI=1S/C16H23NO4/c1-20-10-12-4-3-5-14(12)17-16(19)15(18)11-6-8-13(21-2)9-7-11/h6-9,12,14-15,18H,3-5,10H2,1-2H3,(H,17,19)/t12-,14-,15?/m1/s1. The van der Waals surface area contributed by atoms with Crippen molar-refractivity contribution < 1.29 is 19.4 Å².